The number of quaternary nitrogens is 1. The van der Waals surface area contributed by atoms with Crippen LogP contribution in [0.1, 0.15) is 44.9 Å². The topological polar surface area (TPSA) is 80.7 Å². The number of carbonyl (C=O) groups is 2. The van der Waals surface area contributed by atoms with Gasteiger partial charge in [-0.05, 0) is 25.3 Å². The summed E-state index contributed by atoms with van der Waals surface area (Å²) in [6.07, 6.45) is 5.19. The molecule has 0 spiro atoms. The van der Waals surface area contributed by atoms with Crippen molar-refractivity contribution < 1.29 is 28.7 Å². The highest BCUT2D eigenvalue weighted by Crippen LogP contribution is 2.10. The van der Waals surface area contributed by atoms with Gasteiger partial charge in [0.25, 0.3) is 0 Å². The Labute approximate surface area is 132 Å². The van der Waals surface area contributed by atoms with Gasteiger partial charge in [0.15, 0.2) is 6.10 Å². The molecule has 0 aliphatic heterocycles. The van der Waals surface area contributed by atoms with Crippen molar-refractivity contribution in [3.8, 4) is 0 Å². The normalized spacial score (nSPS) is 12.3. The molecule has 0 bridgehead atoms. The minimum absolute atomic E-state index is 0.167. The standard InChI is InChI=1S/C16H27NO5/c1-17(2,3)13-14(12-15(19)20)22-16(21)10-8-6-4-5-7-9-11-18/h9,14H,4-8,10,12-13H2,1-3H3/p+1. The summed E-state index contributed by atoms with van der Waals surface area (Å²) in [5.41, 5.74) is 0. The molecule has 1 unspecified atom stereocenters. The third-order valence-corrected chi connectivity index (χ3v) is 3.01. The minimum atomic E-state index is -0.963. The van der Waals surface area contributed by atoms with Crippen molar-refractivity contribution in [3.05, 3.63) is 6.08 Å². The molecule has 126 valence electrons. The number of aliphatic carboxylic acids is 1. The van der Waals surface area contributed by atoms with Crippen LogP contribution in [0, 0.1) is 0 Å². The number of unbranched alkanes of at least 4 members (excludes halogenated alkanes) is 4. The van der Waals surface area contributed by atoms with Gasteiger partial charge < -0.3 is 14.3 Å². The smallest absolute Gasteiger partial charge is 0.307 e. The Bertz CT molecular complexity index is 394. The first-order chi connectivity index (χ1) is 10.2. The zero-order valence-corrected chi connectivity index (χ0v) is 13.8. The molecule has 6 nitrogen and oxygen atoms in total. The van der Waals surface area contributed by atoms with Crippen molar-refractivity contribution in [3.63, 3.8) is 0 Å². The average molecular weight is 314 g/mol. The minimum Gasteiger partial charge on any atom is -0.481 e. The van der Waals surface area contributed by atoms with Crippen LogP contribution in [0.2, 0.25) is 0 Å². The van der Waals surface area contributed by atoms with Crippen molar-refractivity contribution in [2.24, 2.45) is 0 Å². The molecule has 1 atom stereocenters. The SMILES string of the molecule is C[N+](C)(C)CC(CC(=O)O)OC(=O)CCCCCCC=C=O. The van der Waals surface area contributed by atoms with Crippen molar-refractivity contribution in [2.45, 2.75) is 51.0 Å². The van der Waals surface area contributed by atoms with E-state index in [-0.39, 0.29) is 12.4 Å². The van der Waals surface area contributed by atoms with Gasteiger partial charge in [-0.2, -0.15) is 0 Å². The molecule has 0 amide bonds. The summed E-state index contributed by atoms with van der Waals surface area (Å²) in [5, 5.41) is 8.88. The zero-order valence-electron chi connectivity index (χ0n) is 13.8. The van der Waals surface area contributed by atoms with Crippen LogP contribution in [0.4, 0.5) is 0 Å². The van der Waals surface area contributed by atoms with Crippen molar-refractivity contribution >= 4 is 17.9 Å². The van der Waals surface area contributed by atoms with Gasteiger partial charge in [0.05, 0.1) is 27.6 Å². The van der Waals surface area contributed by atoms with E-state index in [0.717, 1.165) is 25.7 Å². The molecule has 0 aliphatic carbocycles. The quantitative estimate of drug-likeness (QED) is 0.257. The number of allylic oxidation sites excluding steroid dienone is 1. The number of likely N-dealkylation sites (N-methyl/N-ethyl adjacent to an activating group) is 1. The number of hydrogen-bond acceptors (Lipinski definition) is 4. The maximum Gasteiger partial charge on any atom is 0.307 e. The number of nitrogens with zero attached hydrogens (tertiary/aromatic N) is 1. The highest BCUT2D eigenvalue weighted by molar-refractivity contribution is 5.71. The van der Waals surface area contributed by atoms with Crippen molar-refractivity contribution in [1.82, 2.24) is 0 Å². The van der Waals surface area contributed by atoms with Crippen LogP contribution >= 0.6 is 0 Å². The van der Waals surface area contributed by atoms with Gasteiger partial charge >= 0.3 is 11.9 Å². The van der Waals surface area contributed by atoms with Crippen LogP contribution in [0.3, 0.4) is 0 Å². The summed E-state index contributed by atoms with van der Waals surface area (Å²) in [5.74, 6) is 0.430. The average Bonchev–Trinajstić information content (AvgIpc) is 2.34. The Kier molecular flexibility index (Phi) is 10.2. The second-order valence-electron chi connectivity index (χ2n) is 6.46. The summed E-state index contributed by atoms with van der Waals surface area (Å²) in [6.45, 7) is 0.468. The molecule has 0 aromatic carbocycles. The highest BCUT2D eigenvalue weighted by atomic mass is 16.5. The van der Waals surface area contributed by atoms with E-state index < -0.39 is 12.1 Å². The predicted octanol–water partition coefficient (Wildman–Crippen LogP) is 1.81. The molecule has 0 radical (unpaired) electrons. The van der Waals surface area contributed by atoms with E-state index in [1.807, 2.05) is 21.1 Å². The lowest BCUT2D eigenvalue weighted by Gasteiger charge is -2.28. The maximum absolute atomic E-state index is 11.8. The number of hydrogen-bond donors (Lipinski definition) is 1. The molecule has 0 saturated carbocycles. The molecule has 0 aliphatic rings. The van der Waals surface area contributed by atoms with E-state index in [9.17, 15) is 14.4 Å². The number of esters is 1. The fourth-order valence-electron chi connectivity index (χ4n) is 2.12. The van der Waals surface area contributed by atoms with Crippen LogP contribution in [-0.4, -0.2) is 61.3 Å². The first kappa shape index (κ1) is 20.3. The number of ether oxygens (including phenoxy) is 1. The van der Waals surface area contributed by atoms with Gasteiger partial charge in [-0.3, -0.25) is 9.59 Å². The molecule has 0 rings (SSSR count). The molecule has 1 N–H and O–H groups in total. The van der Waals surface area contributed by atoms with Gasteiger partial charge in [0.2, 0.25) is 0 Å². The molecule has 0 saturated heterocycles. The van der Waals surface area contributed by atoms with Crippen LogP contribution in [0.15, 0.2) is 6.08 Å². The number of rotatable bonds is 12. The Hall–Kier alpha value is -1.65. The fraction of sp³-hybridized carbons (Fsp3) is 0.750. The summed E-state index contributed by atoms with van der Waals surface area (Å²) in [7, 11) is 5.78. The Balaban J connectivity index is 4.01. The third kappa shape index (κ3) is 13.3. The highest BCUT2D eigenvalue weighted by Gasteiger charge is 2.24. The number of carboxylic acid groups (broad SMARTS) is 1. The van der Waals surface area contributed by atoms with Crippen LogP contribution in [0.25, 0.3) is 0 Å². The van der Waals surface area contributed by atoms with Crippen molar-refractivity contribution in [1.29, 1.82) is 0 Å². The lowest BCUT2D eigenvalue weighted by Crippen LogP contribution is -2.43. The van der Waals surface area contributed by atoms with E-state index in [2.05, 4.69) is 0 Å². The first-order valence-corrected chi connectivity index (χ1v) is 7.65. The molecule has 0 aromatic heterocycles. The van der Waals surface area contributed by atoms with Gasteiger partial charge in [-0.25, -0.2) is 4.79 Å². The third-order valence-electron chi connectivity index (χ3n) is 3.01. The first-order valence-electron chi connectivity index (χ1n) is 7.65. The fourth-order valence-corrected chi connectivity index (χ4v) is 2.12. The van der Waals surface area contributed by atoms with Crippen molar-refractivity contribution in [2.75, 3.05) is 27.7 Å². The van der Waals surface area contributed by atoms with Gasteiger partial charge in [-0.1, -0.05) is 12.8 Å². The predicted molar refractivity (Wildman–Crippen MR) is 83.0 cm³/mol. The van der Waals surface area contributed by atoms with Crippen LogP contribution in [0.5, 0.6) is 0 Å². The Morgan fingerprint density at radius 3 is 2.36 bits per heavy atom. The number of carbonyl (C=O) groups excluding carboxylic acids is 2. The van der Waals surface area contributed by atoms with E-state index in [4.69, 9.17) is 9.84 Å². The second-order valence-corrected chi connectivity index (χ2v) is 6.46. The lowest BCUT2D eigenvalue weighted by atomic mass is 10.1. The molecule has 0 aromatic rings. The zero-order chi connectivity index (χ0) is 17.0. The van der Waals surface area contributed by atoms with Crippen LogP contribution in [-0.2, 0) is 19.1 Å². The Morgan fingerprint density at radius 2 is 1.82 bits per heavy atom. The van der Waals surface area contributed by atoms with E-state index in [0.29, 0.717) is 23.9 Å². The molecular weight excluding hydrogens is 286 g/mol. The largest absolute Gasteiger partial charge is 0.481 e. The number of carboxylic acids is 1. The van der Waals surface area contributed by atoms with E-state index in [1.54, 1.807) is 5.94 Å². The molecule has 0 heterocycles. The summed E-state index contributed by atoms with van der Waals surface area (Å²) in [6, 6.07) is 0. The van der Waals surface area contributed by atoms with E-state index in [1.165, 1.54) is 6.08 Å². The van der Waals surface area contributed by atoms with Gasteiger partial charge in [0.1, 0.15) is 12.5 Å². The van der Waals surface area contributed by atoms with Gasteiger partial charge in [0, 0.05) is 6.42 Å². The Morgan fingerprint density at radius 1 is 1.18 bits per heavy atom. The van der Waals surface area contributed by atoms with E-state index >= 15 is 0 Å². The molecule has 6 heteroatoms. The molecule has 22 heavy (non-hydrogen) atoms. The van der Waals surface area contributed by atoms with Gasteiger partial charge in [-0.15, -0.1) is 0 Å². The monoisotopic (exact) mass is 314 g/mol. The lowest BCUT2D eigenvalue weighted by molar-refractivity contribution is -0.873. The summed E-state index contributed by atoms with van der Waals surface area (Å²) < 4.78 is 5.83. The summed E-state index contributed by atoms with van der Waals surface area (Å²) in [4.78, 5) is 32.6. The molecular formula is C16H28NO5+. The maximum atomic E-state index is 11.8. The van der Waals surface area contributed by atoms with Crippen LogP contribution < -0.4 is 0 Å². The summed E-state index contributed by atoms with van der Waals surface area (Å²) >= 11 is 0. The second kappa shape index (κ2) is 11.0. The molecule has 0 fully saturated rings.